The molecular weight excluding hydrogens is 266 g/mol. The summed E-state index contributed by atoms with van der Waals surface area (Å²) < 4.78 is 6.75. The maximum atomic E-state index is 11.6. The number of aromatic nitrogens is 3. The van der Waals surface area contributed by atoms with Crippen LogP contribution in [0.4, 0.5) is 0 Å². The molecule has 0 amide bonds. The molecule has 0 spiro atoms. The molecule has 0 saturated carbocycles. The van der Waals surface area contributed by atoms with Gasteiger partial charge < -0.3 is 4.74 Å². The van der Waals surface area contributed by atoms with Gasteiger partial charge in [-0.15, -0.1) is 0 Å². The first-order valence-corrected chi connectivity index (χ1v) is 6.51. The lowest BCUT2D eigenvalue weighted by Gasteiger charge is -2.03. The molecule has 4 aromatic rings. The van der Waals surface area contributed by atoms with Crippen molar-refractivity contribution in [2.75, 3.05) is 7.11 Å². The Labute approximate surface area is 119 Å². The molecular formula is C16H11N3O2. The van der Waals surface area contributed by atoms with Gasteiger partial charge >= 0.3 is 5.97 Å². The molecule has 4 rings (SSSR count). The molecule has 0 atom stereocenters. The van der Waals surface area contributed by atoms with E-state index in [0.29, 0.717) is 5.56 Å². The number of nitrogens with zero attached hydrogens (tertiary/aromatic N) is 3. The Bertz CT molecular complexity index is 1000. The highest BCUT2D eigenvalue weighted by Gasteiger charge is 2.11. The standard InChI is InChI=1S/C16H11N3O2/c1-21-16(20)10-4-5-13-12(7-10)8-14-18-9-11-3-2-6-17-15(11)19(13)14/h2-9H,1H3. The number of pyridine rings is 1. The van der Waals surface area contributed by atoms with Gasteiger partial charge in [-0.3, -0.25) is 4.40 Å². The van der Waals surface area contributed by atoms with Crippen LogP contribution in [-0.2, 0) is 4.74 Å². The van der Waals surface area contributed by atoms with Crippen molar-refractivity contribution in [1.82, 2.24) is 14.4 Å². The Morgan fingerprint density at radius 2 is 2.05 bits per heavy atom. The zero-order chi connectivity index (χ0) is 14.4. The number of fused-ring (bicyclic) bond motifs is 5. The smallest absolute Gasteiger partial charge is 0.337 e. The fourth-order valence-electron chi connectivity index (χ4n) is 2.60. The van der Waals surface area contributed by atoms with Gasteiger partial charge in [-0.1, -0.05) is 0 Å². The van der Waals surface area contributed by atoms with Crippen molar-refractivity contribution >= 4 is 33.6 Å². The van der Waals surface area contributed by atoms with E-state index < -0.39 is 0 Å². The van der Waals surface area contributed by atoms with Gasteiger partial charge in [0, 0.05) is 23.2 Å². The molecule has 0 fully saturated rings. The van der Waals surface area contributed by atoms with E-state index >= 15 is 0 Å². The van der Waals surface area contributed by atoms with Crippen molar-refractivity contribution in [3.8, 4) is 0 Å². The van der Waals surface area contributed by atoms with Crippen LogP contribution < -0.4 is 0 Å². The Morgan fingerprint density at radius 3 is 2.90 bits per heavy atom. The third-order valence-corrected chi connectivity index (χ3v) is 3.57. The predicted molar refractivity (Wildman–Crippen MR) is 79.3 cm³/mol. The Kier molecular flexibility index (Phi) is 2.41. The highest BCUT2D eigenvalue weighted by molar-refractivity contribution is 5.97. The summed E-state index contributed by atoms with van der Waals surface area (Å²) in [4.78, 5) is 20.5. The molecule has 1 aromatic carbocycles. The molecule has 102 valence electrons. The van der Waals surface area contributed by atoms with Crippen LogP contribution in [-0.4, -0.2) is 27.4 Å². The predicted octanol–water partition coefficient (Wildman–Crippen LogP) is 2.82. The quantitative estimate of drug-likeness (QED) is 0.502. The molecule has 0 radical (unpaired) electrons. The van der Waals surface area contributed by atoms with Gasteiger partial charge in [-0.2, -0.15) is 0 Å². The number of hydrogen-bond acceptors (Lipinski definition) is 4. The van der Waals surface area contributed by atoms with Gasteiger partial charge in [0.1, 0.15) is 11.3 Å². The van der Waals surface area contributed by atoms with Crippen LogP contribution in [0.25, 0.3) is 27.6 Å². The van der Waals surface area contributed by atoms with E-state index in [1.165, 1.54) is 7.11 Å². The lowest BCUT2D eigenvalue weighted by molar-refractivity contribution is 0.0601. The summed E-state index contributed by atoms with van der Waals surface area (Å²) in [5.74, 6) is -0.344. The Morgan fingerprint density at radius 1 is 1.14 bits per heavy atom. The van der Waals surface area contributed by atoms with Crippen molar-refractivity contribution in [1.29, 1.82) is 0 Å². The van der Waals surface area contributed by atoms with Gasteiger partial charge in [-0.05, 0) is 36.4 Å². The number of methoxy groups -OCH3 is 1. The van der Waals surface area contributed by atoms with Crippen LogP contribution in [0, 0.1) is 0 Å². The van der Waals surface area contributed by atoms with Gasteiger partial charge in [0.2, 0.25) is 0 Å². The third kappa shape index (κ3) is 1.67. The Balaban J connectivity index is 2.11. The summed E-state index contributed by atoms with van der Waals surface area (Å²) in [7, 11) is 1.38. The van der Waals surface area contributed by atoms with Gasteiger partial charge in [0.15, 0.2) is 0 Å². The van der Waals surface area contributed by atoms with Crippen LogP contribution in [0.5, 0.6) is 0 Å². The lowest BCUT2D eigenvalue weighted by atomic mass is 10.1. The normalized spacial score (nSPS) is 11.3. The minimum atomic E-state index is -0.344. The monoisotopic (exact) mass is 277 g/mol. The zero-order valence-corrected chi connectivity index (χ0v) is 11.3. The molecule has 0 N–H and O–H groups in total. The van der Waals surface area contributed by atoms with E-state index in [0.717, 1.165) is 27.6 Å². The highest BCUT2D eigenvalue weighted by Crippen LogP contribution is 2.24. The van der Waals surface area contributed by atoms with Crippen molar-refractivity contribution < 1.29 is 9.53 Å². The maximum absolute atomic E-state index is 11.6. The van der Waals surface area contributed by atoms with Crippen molar-refractivity contribution in [2.24, 2.45) is 0 Å². The Hall–Kier alpha value is -2.95. The molecule has 0 aliphatic heterocycles. The summed E-state index contributed by atoms with van der Waals surface area (Å²) in [6.07, 6.45) is 3.56. The van der Waals surface area contributed by atoms with Crippen molar-refractivity contribution in [3.63, 3.8) is 0 Å². The summed E-state index contributed by atoms with van der Waals surface area (Å²) >= 11 is 0. The first kappa shape index (κ1) is 11.8. The minimum Gasteiger partial charge on any atom is -0.465 e. The second kappa shape index (κ2) is 4.28. The first-order chi connectivity index (χ1) is 10.3. The second-order valence-electron chi connectivity index (χ2n) is 4.78. The largest absolute Gasteiger partial charge is 0.465 e. The van der Waals surface area contributed by atoms with Crippen LogP contribution >= 0.6 is 0 Å². The van der Waals surface area contributed by atoms with Crippen LogP contribution in [0.1, 0.15) is 10.4 Å². The van der Waals surface area contributed by atoms with Crippen LogP contribution in [0.2, 0.25) is 0 Å². The summed E-state index contributed by atoms with van der Waals surface area (Å²) in [5.41, 5.74) is 3.15. The van der Waals surface area contributed by atoms with E-state index in [1.807, 2.05) is 34.7 Å². The molecule has 0 aliphatic rings. The number of carbonyl (C=O) groups excluding carboxylic acids is 1. The third-order valence-electron chi connectivity index (χ3n) is 3.57. The first-order valence-electron chi connectivity index (χ1n) is 6.51. The van der Waals surface area contributed by atoms with Crippen LogP contribution in [0.15, 0.2) is 48.8 Å². The highest BCUT2D eigenvalue weighted by atomic mass is 16.5. The number of carbonyl (C=O) groups is 1. The van der Waals surface area contributed by atoms with E-state index in [-0.39, 0.29) is 5.97 Å². The molecule has 5 nitrogen and oxygen atoms in total. The SMILES string of the molecule is COC(=O)c1ccc2c(c1)cc1ncc3cccnc3n12. The molecule has 3 heterocycles. The minimum absolute atomic E-state index is 0.344. The number of hydrogen-bond donors (Lipinski definition) is 0. The van der Waals surface area contributed by atoms with E-state index in [4.69, 9.17) is 4.74 Å². The summed E-state index contributed by atoms with van der Waals surface area (Å²) in [6, 6.07) is 11.3. The molecule has 0 bridgehead atoms. The second-order valence-corrected chi connectivity index (χ2v) is 4.78. The summed E-state index contributed by atoms with van der Waals surface area (Å²) in [5, 5.41) is 1.91. The fourth-order valence-corrected chi connectivity index (χ4v) is 2.60. The average molecular weight is 277 g/mol. The van der Waals surface area contributed by atoms with E-state index in [9.17, 15) is 4.79 Å². The fraction of sp³-hybridized carbons (Fsp3) is 0.0625. The molecule has 3 aromatic heterocycles. The topological polar surface area (TPSA) is 56.5 Å². The van der Waals surface area contributed by atoms with E-state index in [1.54, 1.807) is 18.5 Å². The van der Waals surface area contributed by atoms with Gasteiger partial charge in [-0.25, -0.2) is 14.8 Å². The average Bonchev–Trinajstić information content (AvgIpc) is 2.92. The maximum Gasteiger partial charge on any atom is 0.337 e. The molecule has 5 heteroatoms. The van der Waals surface area contributed by atoms with Gasteiger partial charge in [0.05, 0.1) is 18.2 Å². The number of ether oxygens (including phenoxy) is 1. The van der Waals surface area contributed by atoms with E-state index in [2.05, 4.69) is 9.97 Å². The molecule has 0 saturated heterocycles. The summed E-state index contributed by atoms with van der Waals surface area (Å²) in [6.45, 7) is 0. The molecule has 21 heavy (non-hydrogen) atoms. The lowest BCUT2D eigenvalue weighted by Crippen LogP contribution is -2.00. The van der Waals surface area contributed by atoms with Crippen molar-refractivity contribution in [2.45, 2.75) is 0 Å². The number of rotatable bonds is 1. The zero-order valence-electron chi connectivity index (χ0n) is 11.3. The van der Waals surface area contributed by atoms with Crippen LogP contribution in [0.3, 0.4) is 0 Å². The number of benzene rings is 1. The molecule has 0 unspecified atom stereocenters. The number of esters is 1. The van der Waals surface area contributed by atoms with Crippen molar-refractivity contribution in [3.05, 3.63) is 54.4 Å². The van der Waals surface area contributed by atoms with Gasteiger partial charge in [0.25, 0.3) is 0 Å². The molecule has 0 aliphatic carbocycles.